The van der Waals surface area contributed by atoms with Crippen molar-refractivity contribution in [1.29, 1.82) is 0 Å². The van der Waals surface area contributed by atoms with Crippen LogP contribution in [-0.4, -0.2) is 52.9 Å². The highest BCUT2D eigenvalue weighted by Gasteiger charge is 2.38. The van der Waals surface area contributed by atoms with Crippen LogP contribution in [0.5, 0.6) is 0 Å². The second kappa shape index (κ2) is 8.75. The number of nitrogens with zero attached hydrogens (tertiary/aromatic N) is 1. The number of nitrogens with one attached hydrogen (secondary N) is 1. The van der Waals surface area contributed by atoms with Gasteiger partial charge in [0.1, 0.15) is 12.2 Å². The summed E-state index contributed by atoms with van der Waals surface area (Å²) >= 11 is 0. The molecule has 0 radical (unpaired) electrons. The topological polar surface area (TPSA) is 105 Å². The minimum Gasteiger partial charge on any atom is -0.481 e. The maximum Gasteiger partial charge on any atom is 0.410 e. The lowest BCUT2D eigenvalue weighted by atomic mass is 9.92. The predicted molar refractivity (Wildman–Crippen MR) is 97.1 cm³/mol. The lowest BCUT2D eigenvalue weighted by Crippen LogP contribution is -2.55. The highest BCUT2D eigenvalue weighted by molar-refractivity contribution is 5.76. The molecule has 1 saturated heterocycles. The molecule has 0 bridgehead atoms. The molecule has 1 aromatic rings. The first-order valence-electron chi connectivity index (χ1n) is 8.83. The quantitative estimate of drug-likeness (QED) is 0.834. The first-order valence-corrected chi connectivity index (χ1v) is 8.83. The Kier molecular flexibility index (Phi) is 6.65. The molecular weight excluding hydrogens is 352 g/mol. The number of piperidine rings is 1. The van der Waals surface area contributed by atoms with E-state index in [4.69, 9.17) is 9.47 Å². The SMILES string of the molecule is CC(C)(C)OC(=O)N1CC[C@H](NC(=O)OCc2ccccc2)[C@H](C(=O)O)C1. The Morgan fingerprint density at radius 3 is 2.48 bits per heavy atom. The standard InChI is InChI=1S/C19H26N2O6/c1-19(2,3)27-18(25)21-10-9-15(14(11-21)16(22)23)20-17(24)26-12-13-7-5-4-6-8-13/h4-8,14-15H,9-12H2,1-3H3,(H,20,24)(H,22,23)/t14-,15+/m1/s1. The molecule has 0 aliphatic carbocycles. The van der Waals surface area contributed by atoms with Crippen molar-refractivity contribution in [3.63, 3.8) is 0 Å². The number of hydrogen-bond acceptors (Lipinski definition) is 5. The molecule has 0 unspecified atom stereocenters. The molecule has 8 heteroatoms. The van der Waals surface area contributed by atoms with Gasteiger partial charge >= 0.3 is 18.2 Å². The van der Waals surface area contributed by atoms with Crippen LogP contribution in [0.25, 0.3) is 0 Å². The molecule has 2 N–H and O–H groups in total. The summed E-state index contributed by atoms with van der Waals surface area (Å²) in [6.45, 7) is 5.60. The number of carbonyl (C=O) groups is 3. The molecular formula is C19H26N2O6. The van der Waals surface area contributed by atoms with Crippen LogP contribution in [0.1, 0.15) is 32.8 Å². The van der Waals surface area contributed by atoms with Crippen LogP contribution in [0.2, 0.25) is 0 Å². The summed E-state index contributed by atoms with van der Waals surface area (Å²) in [4.78, 5) is 37.2. The van der Waals surface area contributed by atoms with Crippen molar-refractivity contribution in [3.8, 4) is 0 Å². The lowest BCUT2D eigenvalue weighted by molar-refractivity contribution is -0.144. The average Bonchev–Trinajstić information content (AvgIpc) is 2.59. The van der Waals surface area contributed by atoms with Crippen molar-refractivity contribution in [1.82, 2.24) is 10.2 Å². The fourth-order valence-corrected chi connectivity index (χ4v) is 2.78. The molecule has 2 amide bonds. The molecule has 1 fully saturated rings. The smallest absolute Gasteiger partial charge is 0.410 e. The van der Waals surface area contributed by atoms with E-state index in [1.165, 1.54) is 4.90 Å². The van der Waals surface area contributed by atoms with Crippen LogP contribution in [-0.2, 0) is 20.9 Å². The van der Waals surface area contributed by atoms with Gasteiger partial charge in [-0.05, 0) is 32.8 Å². The normalized spacial score (nSPS) is 19.9. The maximum atomic E-state index is 12.2. The minimum atomic E-state index is -1.09. The summed E-state index contributed by atoms with van der Waals surface area (Å²) < 4.78 is 10.4. The van der Waals surface area contributed by atoms with Gasteiger partial charge in [0.05, 0.1) is 5.92 Å². The van der Waals surface area contributed by atoms with Crippen LogP contribution < -0.4 is 5.32 Å². The Morgan fingerprint density at radius 2 is 1.89 bits per heavy atom. The van der Waals surface area contributed by atoms with Crippen molar-refractivity contribution in [2.24, 2.45) is 5.92 Å². The third-order valence-electron chi connectivity index (χ3n) is 4.10. The predicted octanol–water partition coefficient (Wildman–Crippen LogP) is 2.62. The fourth-order valence-electron chi connectivity index (χ4n) is 2.78. The number of hydrogen-bond donors (Lipinski definition) is 2. The zero-order valence-electron chi connectivity index (χ0n) is 15.8. The van der Waals surface area contributed by atoms with E-state index in [-0.39, 0.29) is 13.2 Å². The number of alkyl carbamates (subject to hydrolysis) is 1. The molecule has 148 valence electrons. The second-order valence-electron chi connectivity index (χ2n) is 7.47. The van der Waals surface area contributed by atoms with E-state index >= 15 is 0 Å². The van der Waals surface area contributed by atoms with Crippen molar-refractivity contribution in [2.75, 3.05) is 13.1 Å². The van der Waals surface area contributed by atoms with Gasteiger partial charge in [-0.2, -0.15) is 0 Å². The van der Waals surface area contributed by atoms with Gasteiger partial charge in [-0.3, -0.25) is 4.79 Å². The van der Waals surface area contributed by atoms with E-state index in [1.54, 1.807) is 20.8 Å². The van der Waals surface area contributed by atoms with Gasteiger partial charge < -0.3 is 24.8 Å². The van der Waals surface area contributed by atoms with E-state index in [2.05, 4.69) is 5.32 Å². The Bertz CT molecular complexity index is 671. The van der Waals surface area contributed by atoms with Crippen LogP contribution in [0.3, 0.4) is 0 Å². The number of amides is 2. The third-order valence-corrected chi connectivity index (χ3v) is 4.10. The molecule has 2 atom stereocenters. The first-order chi connectivity index (χ1) is 12.7. The molecule has 1 heterocycles. The van der Waals surface area contributed by atoms with Crippen molar-refractivity contribution < 1.29 is 29.0 Å². The monoisotopic (exact) mass is 378 g/mol. The summed E-state index contributed by atoms with van der Waals surface area (Å²) in [5, 5.41) is 12.1. The van der Waals surface area contributed by atoms with Gasteiger partial charge in [-0.15, -0.1) is 0 Å². The summed E-state index contributed by atoms with van der Waals surface area (Å²) in [5.41, 5.74) is 0.175. The van der Waals surface area contributed by atoms with E-state index in [9.17, 15) is 19.5 Å². The summed E-state index contributed by atoms with van der Waals surface area (Å²) in [6.07, 6.45) is -0.934. The number of ether oxygens (including phenoxy) is 2. The molecule has 1 aromatic carbocycles. The summed E-state index contributed by atoms with van der Waals surface area (Å²) in [6, 6.07) is 8.57. The summed E-state index contributed by atoms with van der Waals surface area (Å²) in [7, 11) is 0. The number of likely N-dealkylation sites (tertiary alicyclic amines) is 1. The Morgan fingerprint density at radius 1 is 1.22 bits per heavy atom. The van der Waals surface area contributed by atoms with Gasteiger partial charge in [-0.25, -0.2) is 9.59 Å². The van der Waals surface area contributed by atoms with Gasteiger partial charge in [-0.1, -0.05) is 30.3 Å². The average molecular weight is 378 g/mol. The maximum absolute atomic E-state index is 12.2. The first kappa shape index (κ1) is 20.5. The molecule has 8 nitrogen and oxygen atoms in total. The van der Waals surface area contributed by atoms with E-state index < -0.39 is 35.7 Å². The van der Waals surface area contributed by atoms with Gasteiger partial charge in [0.2, 0.25) is 0 Å². The van der Waals surface area contributed by atoms with Crippen molar-refractivity contribution in [2.45, 2.75) is 45.4 Å². The molecule has 0 saturated carbocycles. The Balaban J connectivity index is 1.90. The zero-order valence-corrected chi connectivity index (χ0v) is 15.8. The highest BCUT2D eigenvalue weighted by atomic mass is 16.6. The van der Waals surface area contributed by atoms with Gasteiger partial charge in [0.25, 0.3) is 0 Å². The molecule has 1 aliphatic heterocycles. The molecule has 1 aliphatic rings. The number of carboxylic acid groups (broad SMARTS) is 1. The molecule has 0 aromatic heterocycles. The van der Waals surface area contributed by atoms with Gasteiger partial charge in [0, 0.05) is 19.1 Å². The van der Waals surface area contributed by atoms with Crippen molar-refractivity contribution >= 4 is 18.2 Å². The molecule has 27 heavy (non-hydrogen) atoms. The summed E-state index contributed by atoms with van der Waals surface area (Å²) in [5.74, 6) is -2.02. The third kappa shape index (κ3) is 6.47. The Labute approximate surface area is 158 Å². The zero-order chi connectivity index (χ0) is 20.0. The minimum absolute atomic E-state index is 0.0339. The molecule has 2 rings (SSSR count). The lowest BCUT2D eigenvalue weighted by Gasteiger charge is -2.37. The second-order valence-corrected chi connectivity index (χ2v) is 7.47. The number of rotatable bonds is 4. The van der Waals surface area contributed by atoms with Crippen LogP contribution in [0.15, 0.2) is 30.3 Å². The highest BCUT2D eigenvalue weighted by Crippen LogP contribution is 2.20. The van der Waals surface area contributed by atoms with Crippen LogP contribution in [0.4, 0.5) is 9.59 Å². The fraction of sp³-hybridized carbons (Fsp3) is 0.526. The van der Waals surface area contributed by atoms with E-state index in [1.807, 2.05) is 30.3 Å². The Hall–Kier alpha value is -2.77. The number of benzene rings is 1. The number of carboxylic acids is 1. The van der Waals surface area contributed by atoms with Gasteiger partial charge in [0.15, 0.2) is 0 Å². The molecule has 0 spiro atoms. The number of carbonyl (C=O) groups excluding carboxylic acids is 2. The van der Waals surface area contributed by atoms with Crippen LogP contribution in [0, 0.1) is 5.92 Å². The largest absolute Gasteiger partial charge is 0.481 e. The van der Waals surface area contributed by atoms with E-state index in [0.717, 1.165) is 5.56 Å². The van der Waals surface area contributed by atoms with Crippen LogP contribution >= 0.6 is 0 Å². The van der Waals surface area contributed by atoms with E-state index in [0.29, 0.717) is 13.0 Å². The van der Waals surface area contributed by atoms with Crippen molar-refractivity contribution in [3.05, 3.63) is 35.9 Å². The number of aliphatic carboxylic acids is 1.